The lowest BCUT2D eigenvalue weighted by molar-refractivity contribution is -0.117. The smallest absolute Gasteiger partial charge is 0.229 e. The third-order valence-electron chi connectivity index (χ3n) is 2.85. The summed E-state index contributed by atoms with van der Waals surface area (Å²) in [6.45, 7) is 0. The van der Waals surface area contributed by atoms with Crippen LogP contribution in [0.2, 0.25) is 5.02 Å². The van der Waals surface area contributed by atoms with E-state index < -0.39 is 0 Å². The van der Waals surface area contributed by atoms with Crippen molar-refractivity contribution in [1.82, 2.24) is 10.2 Å². The third-order valence-corrected chi connectivity index (χ3v) is 4.08. The van der Waals surface area contributed by atoms with Gasteiger partial charge in [0.25, 0.3) is 0 Å². The number of nitrogens with two attached hydrogens (primary N) is 1. The number of hydrogen-bond acceptors (Lipinski definition) is 5. The molecule has 2 aromatic rings. The van der Waals surface area contributed by atoms with Gasteiger partial charge in [0.05, 0.1) is 10.7 Å². The van der Waals surface area contributed by atoms with E-state index in [1.54, 1.807) is 12.1 Å². The molecule has 1 aromatic carbocycles. The van der Waals surface area contributed by atoms with E-state index in [9.17, 15) is 4.79 Å². The van der Waals surface area contributed by atoms with E-state index in [2.05, 4.69) is 15.5 Å². The summed E-state index contributed by atoms with van der Waals surface area (Å²) in [5, 5.41) is 12.5. The van der Waals surface area contributed by atoms with Crippen LogP contribution in [0, 0.1) is 5.92 Å². The molecule has 1 aliphatic carbocycles. The summed E-state index contributed by atoms with van der Waals surface area (Å²) in [7, 11) is 0. The summed E-state index contributed by atoms with van der Waals surface area (Å²) < 4.78 is 0. The van der Waals surface area contributed by atoms with Gasteiger partial charge in [0, 0.05) is 11.5 Å². The third kappa shape index (κ3) is 2.69. The second-order valence-electron chi connectivity index (χ2n) is 4.41. The zero-order chi connectivity index (χ0) is 13.4. The van der Waals surface area contributed by atoms with Gasteiger partial charge in [-0.25, -0.2) is 0 Å². The summed E-state index contributed by atoms with van der Waals surface area (Å²) in [4.78, 5) is 11.6. The average molecular weight is 295 g/mol. The van der Waals surface area contributed by atoms with Crippen molar-refractivity contribution in [3.05, 3.63) is 23.2 Å². The van der Waals surface area contributed by atoms with E-state index >= 15 is 0 Å². The van der Waals surface area contributed by atoms with Gasteiger partial charge in [-0.3, -0.25) is 4.79 Å². The maximum Gasteiger partial charge on any atom is 0.229 e. The van der Waals surface area contributed by atoms with E-state index in [1.807, 2.05) is 6.07 Å². The van der Waals surface area contributed by atoms with Gasteiger partial charge in [0.2, 0.25) is 11.0 Å². The minimum atomic E-state index is 0.0262. The molecule has 0 aliphatic heterocycles. The van der Waals surface area contributed by atoms with E-state index in [-0.39, 0.29) is 11.8 Å². The molecule has 0 bridgehead atoms. The number of anilines is 2. The number of carbonyl (C=O) groups excluding carboxylic acids is 1. The van der Waals surface area contributed by atoms with E-state index in [0.717, 1.165) is 18.4 Å². The molecule has 3 rings (SSSR count). The lowest BCUT2D eigenvalue weighted by atomic mass is 10.2. The molecule has 98 valence electrons. The Hall–Kier alpha value is -1.66. The molecule has 19 heavy (non-hydrogen) atoms. The van der Waals surface area contributed by atoms with Gasteiger partial charge in [0.1, 0.15) is 5.01 Å². The first-order valence-corrected chi connectivity index (χ1v) is 7.02. The second-order valence-corrected chi connectivity index (χ2v) is 5.80. The Morgan fingerprint density at radius 2 is 2.21 bits per heavy atom. The van der Waals surface area contributed by atoms with Gasteiger partial charge in [-0.05, 0) is 25.0 Å². The van der Waals surface area contributed by atoms with Crippen LogP contribution in [0.25, 0.3) is 10.6 Å². The monoisotopic (exact) mass is 294 g/mol. The van der Waals surface area contributed by atoms with Gasteiger partial charge < -0.3 is 11.1 Å². The van der Waals surface area contributed by atoms with Crippen LogP contribution in [-0.4, -0.2) is 16.1 Å². The van der Waals surface area contributed by atoms with Crippen LogP contribution < -0.4 is 11.1 Å². The highest BCUT2D eigenvalue weighted by Crippen LogP contribution is 2.33. The Morgan fingerprint density at radius 3 is 2.89 bits per heavy atom. The molecular weight excluding hydrogens is 284 g/mol. The topological polar surface area (TPSA) is 80.9 Å². The van der Waals surface area contributed by atoms with Crippen molar-refractivity contribution >= 4 is 39.7 Å². The SMILES string of the molecule is Nc1cc(-c2nnc(NC(=O)C3CC3)s2)ccc1Cl. The molecule has 0 saturated heterocycles. The zero-order valence-corrected chi connectivity index (χ0v) is 11.5. The maximum absolute atomic E-state index is 11.6. The molecule has 1 fully saturated rings. The van der Waals surface area contributed by atoms with Crippen LogP contribution in [0.3, 0.4) is 0 Å². The molecule has 0 unspecified atom stereocenters. The largest absolute Gasteiger partial charge is 0.398 e. The molecular formula is C12H11ClN4OS. The number of carbonyl (C=O) groups is 1. The van der Waals surface area contributed by atoms with Gasteiger partial charge in [-0.15, -0.1) is 10.2 Å². The Balaban J connectivity index is 1.79. The highest BCUT2D eigenvalue weighted by atomic mass is 35.5. The average Bonchev–Trinajstić information content (AvgIpc) is 3.14. The van der Waals surface area contributed by atoms with Crippen LogP contribution in [0.4, 0.5) is 10.8 Å². The van der Waals surface area contributed by atoms with Crippen LogP contribution in [0.5, 0.6) is 0 Å². The van der Waals surface area contributed by atoms with E-state index in [4.69, 9.17) is 17.3 Å². The molecule has 0 atom stereocenters. The molecule has 1 heterocycles. The number of nitrogen functional groups attached to an aromatic ring is 1. The Bertz CT molecular complexity index is 638. The predicted molar refractivity (Wildman–Crippen MR) is 76.1 cm³/mol. The van der Waals surface area contributed by atoms with Gasteiger partial charge in [0.15, 0.2) is 0 Å². The first-order chi connectivity index (χ1) is 9.13. The van der Waals surface area contributed by atoms with Gasteiger partial charge >= 0.3 is 0 Å². The quantitative estimate of drug-likeness (QED) is 0.853. The molecule has 1 aliphatic rings. The van der Waals surface area contributed by atoms with Crippen LogP contribution in [0.15, 0.2) is 18.2 Å². The molecule has 1 amide bonds. The Morgan fingerprint density at radius 1 is 1.42 bits per heavy atom. The summed E-state index contributed by atoms with van der Waals surface area (Å²) in [5.41, 5.74) is 7.09. The van der Waals surface area contributed by atoms with Crippen molar-refractivity contribution in [2.24, 2.45) is 5.92 Å². The van der Waals surface area contributed by atoms with Crippen molar-refractivity contribution in [1.29, 1.82) is 0 Å². The van der Waals surface area contributed by atoms with Crippen molar-refractivity contribution in [2.75, 3.05) is 11.1 Å². The lowest BCUT2D eigenvalue weighted by Gasteiger charge is -2.00. The molecule has 1 aromatic heterocycles. The van der Waals surface area contributed by atoms with Gasteiger partial charge in [-0.1, -0.05) is 29.0 Å². The Kier molecular flexibility index (Phi) is 3.12. The minimum Gasteiger partial charge on any atom is -0.398 e. The normalized spacial score (nSPS) is 14.4. The number of halogens is 1. The van der Waals surface area contributed by atoms with Crippen molar-refractivity contribution < 1.29 is 4.79 Å². The molecule has 0 spiro atoms. The van der Waals surface area contributed by atoms with E-state index in [1.165, 1.54) is 11.3 Å². The zero-order valence-electron chi connectivity index (χ0n) is 9.89. The standard InChI is InChI=1S/C12H11ClN4OS/c13-8-4-3-7(5-9(8)14)11-16-17-12(19-11)15-10(18)6-1-2-6/h3-6H,1-2,14H2,(H,15,17,18). The first-order valence-electron chi connectivity index (χ1n) is 5.83. The lowest BCUT2D eigenvalue weighted by Crippen LogP contribution is -2.12. The number of hydrogen-bond donors (Lipinski definition) is 2. The predicted octanol–water partition coefficient (Wildman–Crippen LogP) is 2.79. The number of aromatic nitrogens is 2. The molecule has 1 saturated carbocycles. The molecule has 3 N–H and O–H groups in total. The highest BCUT2D eigenvalue weighted by Gasteiger charge is 2.30. The number of benzene rings is 1. The Labute approximate surface area is 118 Å². The summed E-state index contributed by atoms with van der Waals surface area (Å²) >= 11 is 7.19. The molecule has 5 nitrogen and oxygen atoms in total. The summed E-state index contributed by atoms with van der Waals surface area (Å²) in [6, 6.07) is 5.29. The number of nitrogens with zero attached hydrogens (tertiary/aromatic N) is 2. The van der Waals surface area contributed by atoms with Crippen molar-refractivity contribution in [3.63, 3.8) is 0 Å². The summed E-state index contributed by atoms with van der Waals surface area (Å²) in [5.74, 6) is 0.178. The van der Waals surface area contributed by atoms with Crippen molar-refractivity contribution in [3.8, 4) is 10.6 Å². The molecule has 0 radical (unpaired) electrons. The number of amides is 1. The summed E-state index contributed by atoms with van der Waals surface area (Å²) in [6.07, 6.45) is 1.93. The fourth-order valence-electron chi connectivity index (χ4n) is 1.62. The van der Waals surface area contributed by atoms with Crippen molar-refractivity contribution in [2.45, 2.75) is 12.8 Å². The van der Waals surface area contributed by atoms with Crippen LogP contribution in [-0.2, 0) is 4.79 Å². The van der Waals surface area contributed by atoms with Crippen LogP contribution in [0.1, 0.15) is 12.8 Å². The first kappa shape index (κ1) is 12.4. The fraction of sp³-hybridized carbons (Fsp3) is 0.250. The maximum atomic E-state index is 11.6. The van der Waals surface area contributed by atoms with E-state index in [0.29, 0.717) is 20.8 Å². The van der Waals surface area contributed by atoms with Gasteiger partial charge in [-0.2, -0.15) is 0 Å². The number of nitrogens with one attached hydrogen (secondary N) is 1. The van der Waals surface area contributed by atoms with Crippen LogP contribution >= 0.6 is 22.9 Å². The molecule has 7 heteroatoms. The number of rotatable bonds is 3. The fourth-order valence-corrected chi connectivity index (χ4v) is 2.48. The highest BCUT2D eigenvalue weighted by molar-refractivity contribution is 7.18. The second kappa shape index (κ2) is 4.79. The minimum absolute atomic E-state index is 0.0262.